The highest BCUT2D eigenvalue weighted by atomic mass is 35.5. The van der Waals surface area contributed by atoms with Gasteiger partial charge >= 0.3 is 12.0 Å². The molecular weight excluding hydrogens is 435 g/mol. The molecule has 0 aliphatic rings. The summed E-state index contributed by atoms with van der Waals surface area (Å²) in [6.45, 7) is 0.251. The first-order valence-corrected chi connectivity index (χ1v) is 10.1. The Morgan fingerprint density at radius 1 is 1.28 bits per heavy atom. The molecule has 2 aromatic carbocycles. The van der Waals surface area contributed by atoms with Crippen molar-refractivity contribution in [2.45, 2.75) is 13.0 Å². The van der Waals surface area contributed by atoms with Crippen molar-refractivity contribution in [2.24, 2.45) is 0 Å². The van der Waals surface area contributed by atoms with Gasteiger partial charge in [0.05, 0.1) is 35.3 Å². The van der Waals surface area contributed by atoms with Crippen molar-refractivity contribution in [1.29, 1.82) is 5.26 Å². The summed E-state index contributed by atoms with van der Waals surface area (Å²) in [5, 5.41) is 13.3. The number of fused-ring (bicyclic) bond motifs is 1. The fourth-order valence-corrected chi connectivity index (χ4v) is 3.19. The van der Waals surface area contributed by atoms with Gasteiger partial charge in [0.2, 0.25) is 0 Å². The lowest BCUT2D eigenvalue weighted by Crippen LogP contribution is -2.39. The molecule has 32 heavy (non-hydrogen) atoms. The Balaban J connectivity index is 1.45. The largest absolute Gasteiger partial charge is 0.464 e. The zero-order valence-corrected chi connectivity index (χ0v) is 18.0. The van der Waals surface area contributed by atoms with Crippen LogP contribution >= 0.6 is 11.6 Å². The average molecular weight is 455 g/mol. The van der Waals surface area contributed by atoms with Crippen LogP contribution in [-0.4, -0.2) is 42.1 Å². The number of pyridine rings is 1. The predicted molar refractivity (Wildman–Crippen MR) is 117 cm³/mol. The van der Waals surface area contributed by atoms with Crippen LogP contribution in [0.15, 0.2) is 48.7 Å². The van der Waals surface area contributed by atoms with Gasteiger partial charge < -0.3 is 15.0 Å². The number of nitrogens with one attached hydrogen (secondary N) is 1. The summed E-state index contributed by atoms with van der Waals surface area (Å²) < 4.78 is 18.6. The number of carbonyl (C=O) groups excluding carboxylic acids is 2. The maximum Gasteiger partial charge on any atom is 0.317 e. The number of hydrogen-bond acceptors (Lipinski definition) is 5. The van der Waals surface area contributed by atoms with Gasteiger partial charge in [0.25, 0.3) is 0 Å². The minimum Gasteiger partial charge on any atom is -0.464 e. The van der Waals surface area contributed by atoms with Gasteiger partial charge in [-0.05, 0) is 29.1 Å². The molecule has 7 nitrogen and oxygen atoms in total. The van der Waals surface area contributed by atoms with E-state index < -0.39 is 17.8 Å². The molecule has 0 fully saturated rings. The number of benzene rings is 2. The Morgan fingerprint density at radius 2 is 2.06 bits per heavy atom. The van der Waals surface area contributed by atoms with E-state index in [0.29, 0.717) is 16.8 Å². The number of amides is 2. The monoisotopic (exact) mass is 454 g/mol. The highest BCUT2D eigenvalue weighted by molar-refractivity contribution is 6.31. The second-order valence-corrected chi connectivity index (χ2v) is 7.38. The van der Waals surface area contributed by atoms with E-state index >= 15 is 0 Å². The number of likely N-dealkylation sites (N-methyl/N-ethyl adjacent to an activating group) is 1. The van der Waals surface area contributed by atoms with E-state index in [1.165, 1.54) is 17.0 Å². The summed E-state index contributed by atoms with van der Waals surface area (Å²) in [4.78, 5) is 29.9. The Labute approximate surface area is 189 Å². The SMILES string of the molecule is CN(CCOC(=O)Cc1cc2cccc(C#N)c2cn1)C(=O)NCc1cccc(F)c1Cl. The van der Waals surface area contributed by atoms with Crippen LogP contribution in [0.25, 0.3) is 10.8 Å². The molecule has 0 atom stereocenters. The third kappa shape index (κ3) is 5.71. The number of ether oxygens (including phenoxy) is 1. The highest BCUT2D eigenvalue weighted by Gasteiger charge is 2.13. The normalized spacial score (nSPS) is 10.4. The fraction of sp³-hybridized carbons (Fsp3) is 0.217. The van der Waals surface area contributed by atoms with Crippen molar-refractivity contribution >= 4 is 34.4 Å². The van der Waals surface area contributed by atoms with Gasteiger partial charge in [0.1, 0.15) is 12.4 Å². The van der Waals surface area contributed by atoms with Gasteiger partial charge in [-0.15, -0.1) is 0 Å². The number of nitriles is 1. The van der Waals surface area contributed by atoms with Crippen molar-refractivity contribution in [3.05, 3.63) is 76.3 Å². The Kier molecular flexibility index (Phi) is 7.58. The van der Waals surface area contributed by atoms with Gasteiger partial charge in [0.15, 0.2) is 0 Å². The molecule has 3 rings (SSSR count). The number of rotatable bonds is 7. The molecule has 1 N–H and O–H groups in total. The van der Waals surface area contributed by atoms with Crippen LogP contribution in [-0.2, 0) is 22.5 Å². The number of aromatic nitrogens is 1. The van der Waals surface area contributed by atoms with Crippen LogP contribution < -0.4 is 5.32 Å². The standard InChI is InChI=1S/C23H20ClFN4O3/c1-29(23(31)28-13-17-6-3-7-20(25)22(17)24)8-9-32-21(30)11-18-10-15-4-2-5-16(12-26)19(15)14-27-18/h2-7,10,14H,8-9,11,13H2,1H3,(H,28,31). The minimum atomic E-state index is -0.551. The number of nitrogens with zero attached hydrogens (tertiary/aromatic N) is 3. The van der Waals surface area contributed by atoms with Crippen molar-refractivity contribution in [3.63, 3.8) is 0 Å². The Morgan fingerprint density at radius 3 is 2.84 bits per heavy atom. The lowest BCUT2D eigenvalue weighted by Gasteiger charge is -2.18. The topological polar surface area (TPSA) is 95.3 Å². The maximum absolute atomic E-state index is 13.5. The van der Waals surface area contributed by atoms with Crippen LogP contribution in [0.3, 0.4) is 0 Å². The van der Waals surface area contributed by atoms with E-state index in [1.807, 2.05) is 6.07 Å². The van der Waals surface area contributed by atoms with Crippen molar-refractivity contribution in [1.82, 2.24) is 15.2 Å². The zero-order valence-electron chi connectivity index (χ0n) is 17.3. The molecule has 0 saturated carbocycles. The average Bonchev–Trinajstić information content (AvgIpc) is 2.79. The van der Waals surface area contributed by atoms with E-state index in [2.05, 4.69) is 16.4 Å². The summed E-state index contributed by atoms with van der Waals surface area (Å²) >= 11 is 5.87. The molecule has 0 bridgehead atoms. The third-order valence-electron chi connectivity index (χ3n) is 4.77. The second kappa shape index (κ2) is 10.6. The molecule has 0 aliphatic heterocycles. The van der Waals surface area contributed by atoms with Crippen LogP contribution in [0.5, 0.6) is 0 Å². The van der Waals surface area contributed by atoms with E-state index in [0.717, 1.165) is 10.8 Å². The molecule has 0 unspecified atom stereocenters. The summed E-state index contributed by atoms with van der Waals surface area (Å²) in [5.41, 5.74) is 1.50. The summed E-state index contributed by atoms with van der Waals surface area (Å²) in [7, 11) is 1.55. The first-order valence-electron chi connectivity index (χ1n) is 9.74. The molecule has 3 aromatic rings. The zero-order chi connectivity index (χ0) is 23.1. The Hall–Kier alpha value is -3.70. The van der Waals surface area contributed by atoms with Crippen LogP contribution in [0.1, 0.15) is 16.8 Å². The van der Waals surface area contributed by atoms with Crippen molar-refractivity contribution in [3.8, 4) is 6.07 Å². The highest BCUT2D eigenvalue weighted by Crippen LogP contribution is 2.20. The fourth-order valence-electron chi connectivity index (χ4n) is 3.00. The first kappa shape index (κ1) is 23.0. The van der Waals surface area contributed by atoms with E-state index in [9.17, 15) is 14.0 Å². The van der Waals surface area contributed by atoms with Crippen LogP contribution in [0, 0.1) is 17.1 Å². The lowest BCUT2D eigenvalue weighted by atomic mass is 10.1. The van der Waals surface area contributed by atoms with E-state index in [1.54, 1.807) is 37.5 Å². The maximum atomic E-state index is 13.5. The molecule has 0 aliphatic carbocycles. The molecule has 0 saturated heterocycles. The molecule has 9 heteroatoms. The van der Waals surface area contributed by atoms with Crippen molar-refractivity contribution < 1.29 is 18.7 Å². The smallest absolute Gasteiger partial charge is 0.317 e. The minimum absolute atomic E-state index is 0.00956. The summed E-state index contributed by atoms with van der Waals surface area (Å²) in [6.07, 6.45) is 1.54. The van der Waals surface area contributed by atoms with E-state index in [4.69, 9.17) is 21.6 Å². The van der Waals surface area contributed by atoms with Crippen LogP contribution in [0.2, 0.25) is 5.02 Å². The molecule has 0 spiro atoms. The van der Waals surface area contributed by atoms with E-state index in [-0.39, 0.29) is 31.1 Å². The van der Waals surface area contributed by atoms with Crippen molar-refractivity contribution in [2.75, 3.05) is 20.2 Å². The first-order chi connectivity index (χ1) is 15.4. The van der Waals surface area contributed by atoms with Gasteiger partial charge in [-0.25, -0.2) is 9.18 Å². The lowest BCUT2D eigenvalue weighted by molar-refractivity contribution is -0.143. The number of esters is 1. The number of urea groups is 1. The molecule has 1 aromatic heterocycles. The van der Waals surface area contributed by atoms with Gasteiger partial charge in [-0.2, -0.15) is 5.26 Å². The molecule has 2 amide bonds. The quantitative estimate of drug-likeness (QED) is 0.547. The molecule has 0 radical (unpaired) electrons. The van der Waals surface area contributed by atoms with Gasteiger partial charge in [-0.1, -0.05) is 35.9 Å². The molecule has 1 heterocycles. The van der Waals surface area contributed by atoms with Gasteiger partial charge in [-0.3, -0.25) is 9.78 Å². The van der Waals surface area contributed by atoms with Crippen LogP contribution in [0.4, 0.5) is 9.18 Å². The molecule has 164 valence electrons. The summed E-state index contributed by atoms with van der Waals surface area (Å²) in [5.74, 6) is -1.03. The second-order valence-electron chi connectivity index (χ2n) is 7.00. The number of hydrogen-bond donors (Lipinski definition) is 1. The number of carbonyl (C=O) groups is 2. The van der Waals surface area contributed by atoms with Gasteiger partial charge in [0, 0.05) is 25.2 Å². The number of halogens is 2. The third-order valence-corrected chi connectivity index (χ3v) is 5.19. The summed E-state index contributed by atoms with van der Waals surface area (Å²) in [6, 6.07) is 13.1. The Bertz CT molecular complexity index is 1200. The predicted octanol–water partition coefficient (Wildman–Crippen LogP) is 3.83. The molecular formula is C23H20ClFN4O3.